The molecule has 3 rings (SSSR count). The molecular formula is C19H18BrN3O3S. The van der Waals surface area contributed by atoms with Gasteiger partial charge in [0.15, 0.2) is 11.5 Å². The molecule has 6 nitrogen and oxygen atoms in total. The Hall–Kier alpha value is -2.58. The Bertz CT molecular complexity index is 959. The van der Waals surface area contributed by atoms with Gasteiger partial charge in [-0.2, -0.15) is 5.10 Å². The number of hydrogen-bond acceptors (Lipinski definition) is 7. The number of aromatic nitrogens is 1. The van der Waals surface area contributed by atoms with Crippen LogP contribution in [0.1, 0.15) is 5.56 Å². The van der Waals surface area contributed by atoms with Gasteiger partial charge >= 0.3 is 0 Å². The molecule has 1 N–H and O–H groups in total. The number of thiazole rings is 1. The summed E-state index contributed by atoms with van der Waals surface area (Å²) in [4.78, 5) is 4.56. The highest BCUT2D eigenvalue weighted by Gasteiger charge is 2.10. The second-order valence-corrected chi connectivity index (χ2v) is 7.06. The van der Waals surface area contributed by atoms with E-state index in [1.54, 1.807) is 27.5 Å². The number of hydrogen-bond donors (Lipinski definition) is 1. The van der Waals surface area contributed by atoms with Crippen LogP contribution in [0.15, 0.2) is 51.4 Å². The molecule has 0 bridgehead atoms. The Morgan fingerprint density at radius 3 is 2.59 bits per heavy atom. The first-order valence-electron chi connectivity index (χ1n) is 7.95. The lowest BCUT2D eigenvalue weighted by atomic mass is 10.1. The van der Waals surface area contributed by atoms with Crippen LogP contribution >= 0.6 is 27.3 Å². The van der Waals surface area contributed by atoms with Crippen molar-refractivity contribution < 1.29 is 14.2 Å². The molecule has 0 saturated heterocycles. The Morgan fingerprint density at radius 2 is 1.85 bits per heavy atom. The number of halogens is 1. The summed E-state index contributed by atoms with van der Waals surface area (Å²) < 4.78 is 16.8. The van der Waals surface area contributed by atoms with Crippen molar-refractivity contribution in [3.05, 3.63) is 51.8 Å². The van der Waals surface area contributed by atoms with Gasteiger partial charge in [0, 0.05) is 10.9 Å². The summed E-state index contributed by atoms with van der Waals surface area (Å²) in [5.74, 6) is 2.05. The molecule has 0 unspecified atom stereocenters. The maximum Gasteiger partial charge on any atom is 0.203 e. The highest BCUT2D eigenvalue weighted by Crippen LogP contribution is 2.36. The lowest BCUT2D eigenvalue weighted by molar-refractivity contribution is 0.353. The fourth-order valence-corrected chi connectivity index (χ4v) is 3.76. The Balaban J connectivity index is 1.74. The SMILES string of the molecule is COc1ccccc1-c1csc(N/N=C\c2cc(Br)c(OC)c(OC)c2)n1. The average molecular weight is 448 g/mol. The van der Waals surface area contributed by atoms with Crippen LogP contribution in [0.25, 0.3) is 11.3 Å². The zero-order valence-corrected chi connectivity index (χ0v) is 17.4. The zero-order valence-electron chi connectivity index (χ0n) is 15.0. The van der Waals surface area contributed by atoms with Gasteiger partial charge in [0.2, 0.25) is 5.13 Å². The summed E-state index contributed by atoms with van der Waals surface area (Å²) in [6.07, 6.45) is 1.69. The molecule has 140 valence electrons. The van der Waals surface area contributed by atoms with Crippen molar-refractivity contribution in [3.63, 3.8) is 0 Å². The maximum absolute atomic E-state index is 5.39. The fraction of sp³-hybridized carbons (Fsp3) is 0.158. The van der Waals surface area contributed by atoms with Crippen LogP contribution in [0.5, 0.6) is 17.2 Å². The van der Waals surface area contributed by atoms with E-state index in [0.29, 0.717) is 16.6 Å². The summed E-state index contributed by atoms with van der Waals surface area (Å²) in [6.45, 7) is 0. The first-order chi connectivity index (χ1) is 13.2. The lowest BCUT2D eigenvalue weighted by Gasteiger charge is -2.10. The lowest BCUT2D eigenvalue weighted by Crippen LogP contribution is -1.95. The first-order valence-corrected chi connectivity index (χ1v) is 9.63. The predicted molar refractivity (Wildman–Crippen MR) is 113 cm³/mol. The van der Waals surface area contributed by atoms with Crippen molar-refractivity contribution in [1.29, 1.82) is 0 Å². The molecule has 0 aliphatic carbocycles. The molecule has 3 aromatic rings. The molecule has 0 aliphatic rings. The average Bonchev–Trinajstić information content (AvgIpc) is 3.16. The largest absolute Gasteiger partial charge is 0.496 e. The minimum atomic E-state index is 0.626. The van der Waals surface area contributed by atoms with E-state index in [1.165, 1.54) is 11.3 Å². The quantitative estimate of drug-likeness (QED) is 0.405. The summed E-state index contributed by atoms with van der Waals surface area (Å²) in [5.41, 5.74) is 5.59. The fourth-order valence-electron chi connectivity index (χ4n) is 2.48. The van der Waals surface area contributed by atoms with Gasteiger partial charge in [-0.3, -0.25) is 5.43 Å². The minimum absolute atomic E-state index is 0.626. The standard InChI is InChI=1S/C19H18BrN3O3S/c1-24-16-7-5-4-6-13(16)15-11-27-19(22-15)23-21-10-12-8-14(20)18(26-3)17(9-12)25-2/h4-11H,1-3H3,(H,22,23)/b21-10-. The van der Waals surface area contributed by atoms with E-state index in [-0.39, 0.29) is 0 Å². The van der Waals surface area contributed by atoms with Crippen LogP contribution in [0.3, 0.4) is 0 Å². The van der Waals surface area contributed by atoms with E-state index in [2.05, 4.69) is 31.4 Å². The Morgan fingerprint density at radius 1 is 1.07 bits per heavy atom. The number of rotatable bonds is 7. The number of nitrogens with zero attached hydrogens (tertiary/aromatic N) is 2. The van der Waals surface area contributed by atoms with Crippen molar-refractivity contribution in [2.45, 2.75) is 0 Å². The van der Waals surface area contributed by atoms with Crippen molar-refractivity contribution >= 4 is 38.6 Å². The van der Waals surface area contributed by atoms with E-state index in [1.807, 2.05) is 41.8 Å². The van der Waals surface area contributed by atoms with Crippen LogP contribution in [-0.2, 0) is 0 Å². The second-order valence-electron chi connectivity index (χ2n) is 5.35. The van der Waals surface area contributed by atoms with E-state index in [4.69, 9.17) is 14.2 Å². The van der Waals surface area contributed by atoms with Gasteiger partial charge < -0.3 is 14.2 Å². The number of nitrogens with one attached hydrogen (secondary N) is 1. The van der Waals surface area contributed by atoms with Crippen LogP contribution in [0, 0.1) is 0 Å². The van der Waals surface area contributed by atoms with E-state index < -0.39 is 0 Å². The number of hydrazone groups is 1. The number of para-hydroxylation sites is 1. The zero-order chi connectivity index (χ0) is 19.2. The molecule has 0 spiro atoms. The third-order valence-corrected chi connectivity index (χ3v) is 5.05. The molecule has 8 heteroatoms. The predicted octanol–water partition coefficient (Wildman–Crippen LogP) is 5.04. The molecule has 2 aromatic carbocycles. The highest BCUT2D eigenvalue weighted by molar-refractivity contribution is 9.10. The van der Waals surface area contributed by atoms with Crippen molar-refractivity contribution in [1.82, 2.24) is 4.98 Å². The summed E-state index contributed by atoms with van der Waals surface area (Å²) >= 11 is 4.94. The Labute approximate surface area is 169 Å². The molecule has 0 saturated carbocycles. The molecule has 27 heavy (non-hydrogen) atoms. The second kappa shape index (κ2) is 8.88. The van der Waals surface area contributed by atoms with Crippen LogP contribution < -0.4 is 19.6 Å². The van der Waals surface area contributed by atoms with Crippen LogP contribution in [0.4, 0.5) is 5.13 Å². The van der Waals surface area contributed by atoms with Crippen molar-refractivity contribution in [2.24, 2.45) is 5.10 Å². The molecule has 0 fully saturated rings. The van der Waals surface area contributed by atoms with E-state index in [9.17, 15) is 0 Å². The van der Waals surface area contributed by atoms with E-state index >= 15 is 0 Å². The smallest absolute Gasteiger partial charge is 0.203 e. The topological polar surface area (TPSA) is 65.0 Å². The maximum atomic E-state index is 5.39. The Kier molecular flexibility index (Phi) is 6.31. The number of anilines is 1. The number of ether oxygens (including phenoxy) is 3. The van der Waals surface area contributed by atoms with Gasteiger partial charge in [0.25, 0.3) is 0 Å². The summed E-state index contributed by atoms with van der Waals surface area (Å²) in [5, 5.41) is 6.91. The number of methoxy groups -OCH3 is 3. The first kappa shape index (κ1) is 19.2. The van der Waals surface area contributed by atoms with E-state index in [0.717, 1.165) is 27.0 Å². The summed E-state index contributed by atoms with van der Waals surface area (Å²) in [7, 11) is 4.84. The third kappa shape index (κ3) is 4.40. The number of benzene rings is 2. The molecular weight excluding hydrogens is 430 g/mol. The van der Waals surface area contributed by atoms with Crippen LogP contribution in [-0.4, -0.2) is 32.5 Å². The van der Waals surface area contributed by atoms with Gasteiger partial charge in [-0.15, -0.1) is 11.3 Å². The molecule has 0 amide bonds. The van der Waals surface area contributed by atoms with Crippen LogP contribution in [0.2, 0.25) is 0 Å². The monoisotopic (exact) mass is 447 g/mol. The third-order valence-electron chi connectivity index (χ3n) is 3.72. The van der Waals surface area contributed by atoms with Crippen molar-refractivity contribution in [3.8, 4) is 28.5 Å². The van der Waals surface area contributed by atoms with Gasteiger partial charge in [-0.1, -0.05) is 12.1 Å². The summed E-state index contributed by atoms with van der Waals surface area (Å²) in [6, 6.07) is 11.5. The molecule has 0 radical (unpaired) electrons. The minimum Gasteiger partial charge on any atom is -0.496 e. The molecule has 0 atom stereocenters. The van der Waals surface area contributed by atoms with Gasteiger partial charge in [-0.05, 0) is 45.8 Å². The van der Waals surface area contributed by atoms with Gasteiger partial charge in [0.1, 0.15) is 5.75 Å². The van der Waals surface area contributed by atoms with Gasteiger partial charge in [0.05, 0.1) is 37.7 Å². The van der Waals surface area contributed by atoms with Crippen molar-refractivity contribution in [2.75, 3.05) is 26.8 Å². The molecule has 1 heterocycles. The molecule has 1 aromatic heterocycles. The molecule has 0 aliphatic heterocycles. The highest BCUT2D eigenvalue weighted by atomic mass is 79.9. The normalized spacial score (nSPS) is 10.8. The van der Waals surface area contributed by atoms with Gasteiger partial charge in [-0.25, -0.2) is 4.98 Å².